The summed E-state index contributed by atoms with van der Waals surface area (Å²) < 4.78 is 13.0. The van der Waals surface area contributed by atoms with Crippen LogP contribution in [0.1, 0.15) is 16.7 Å². The minimum Gasteiger partial charge on any atom is -0.337 e. The Morgan fingerprint density at radius 1 is 1.04 bits per heavy atom. The molecular formula is C21H27FN3O2+. The number of amides is 2. The number of hydrogen-bond donors (Lipinski definition) is 2. The number of nitrogens with one attached hydrogen (secondary N) is 2. The van der Waals surface area contributed by atoms with Gasteiger partial charge >= 0.3 is 0 Å². The van der Waals surface area contributed by atoms with Gasteiger partial charge in [0.25, 0.3) is 11.8 Å². The fourth-order valence-corrected chi connectivity index (χ4v) is 2.88. The Hall–Kier alpha value is -2.73. The van der Waals surface area contributed by atoms with E-state index in [-0.39, 0.29) is 30.7 Å². The van der Waals surface area contributed by atoms with Crippen molar-refractivity contribution < 1.29 is 18.9 Å². The summed E-state index contributed by atoms with van der Waals surface area (Å²) in [6.07, 6.45) is 0. The Morgan fingerprint density at radius 2 is 1.63 bits per heavy atom. The molecule has 27 heavy (non-hydrogen) atoms. The summed E-state index contributed by atoms with van der Waals surface area (Å²) in [5.74, 6) is -0.498. The molecule has 2 aromatic rings. The molecular weight excluding hydrogens is 345 g/mol. The summed E-state index contributed by atoms with van der Waals surface area (Å²) in [6, 6.07) is 11.9. The molecule has 6 heteroatoms. The maximum Gasteiger partial charge on any atom is 0.279 e. The van der Waals surface area contributed by atoms with E-state index in [0.29, 0.717) is 6.54 Å². The number of quaternary nitrogens is 1. The lowest BCUT2D eigenvalue weighted by Crippen LogP contribution is -3.11. The van der Waals surface area contributed by atoms with Gasteiger partial charge in [-0.05, 0) is 42.7 Å². The van der Waals surface area contributed by atoms with E-state index in [9.17, 15) is 14.0 Å². The molecule has 0 fully saturated rings. The maximum absolute atomic E-state index is 13.0. The largest absolute Gasteiger partial charge is 0.337 e. The first-order valence-electron chi connectivity index (χ1n) is 8.92. The number of para-hydroxylation sites is 1. The number of carbonyl (C=O) groups is 2. The molecule has 0 aliphatic rings. The number of aryl methyl sites for hydroxylation is 2. The third-order valence-electron chi connectivity index (χ3n) is 4.42. The van der Waals surface area contributed by atoms with Crippen molar-refractivity contribution >= 4 is 17.5 Å². The lowest BCUT2D eigenvalue weighted by molar-refractivity contribution is -0.862. The van der Waals surface area contributed by atoms with Crippen molar-refractivity contribution in [2.75, 3.05) is 32.5 Å². The van der Waals surface area contributed by atoms with Gasteiger partial charge in [-0.2, -0.15) is 0 Å². The average Bonchev–Trinajstić information content (AvgIpc) is 2.60. The second kappa shape index (κ2) is 9.28. The first-order valence-corrected chi connectivity index (χ1v) is 8.92. The third kappa shape index (κ3) is 6.18. The normalized spacial score (nSPS) is 11.7. The molecule has 2 aromatic carbocycles. The van der Waals surface area contributed by atoms with Crippen molar-refractivity contribution in [2.45, 2.75) is 20.4 Å². The van der Waals surface area contributed by atoms with E-state index in [1.54, 1.807) is 24.1 Å². The van der Waals surface area contributed by atoms with Crippen molar-refractivity contribution in [3.8, 4) is 0 Å². The van der Waals surface area contributed by atoms with Gasteiger partial charge < -0.3 is 15.1 Å². The fourth-order valence-electron chi connectivity index (χ4n) is 2.88. The van der Waals surface area contributed by atoms with Gasteiger partial charge in [-0.15, -0.1) is 0 Å². The summed E-state index contributed by atoms with van der Waals surface area (Å²) in [5.41, 5.74) is 3.71. The Kier molecular flexibility index (Phi) is 7.07. The van der Waals surface area contributed by atoms with Gasteiger partial charge in [0.15, 0.2) is 13.1 Å². The quantitative estimate of drug-likeness (QED) is 0.775. The topological polar surface area (TPSA) is 53.9 Å². The van der Waals surface area contributed by atoms with E-state index in [4.69, 9.17) is 0 Å². The Balaban J connectivity index is 1.84. The monoisotopic (exact) mass is 372 g/mol. The van der Waals surface area contributed by atoms with Gasteiger partial charge in [0, 0.05) is 19.3 Å². The van der Waals surface area contributed by atoms with Crippen LogP contribution >= 0.6 is 0 Å². The molecule has 0 aromatic heterocycles. The van der Waals surface area contributed by atoms with Gasteiger partial charge in [0.05, 0.1) is 7.05 Å². The van der Waals surface area contributed by atoms with Crippen LogP contribution in [0.3, 0.4) is 0 Å². The van der Waals surface area contributed by atoms with Crippen molar-refractivity contribution in [3.05, 3.63) is 65.0 Å². The van der Waals surface area contributed by atoms with Crippen molar-refractivity contribution in [1.82, 2.24) is 4.90 Å². The lowest BCUT2D eigenvalue weighted by Gasteiger charge is -2.20. The van der Waals surface area contributed by atoms with E-state index in [1.807, 2.05) is 39.1 Å². The predicted molar refractivity (Wildman–Crippen MR) is 104 cm³/mol. The zero-order chi connectivity index (χ0) is 20.0. The van der Waals surface area contributed by atoms with Gasteiger partial charge in [-0.1, -0.05) is 30.3 Å². The molecule has 2 amide bonds. The Bertz CT molecular complexity index is 785. The molecule has 0 heterocycles. The van der Waals surface area contributed by atoms with Crippen LogP contribution in [0.15, 0.2) is 42.5 Å². The summed E-state index contributed by atoms with van der Waals surface area (Å²) in [6.45, 7) is 4.71. The van der Waals surface area contributed by atoms with Crippen molar-refractivity contribution in [3.63, 3.8) is 0 Å². The molecule has 2 N–H and O–H groups in total. The van der Waals surface area contributed by atoms with Gasteiger partial charge in [-0.25, -0.2) is 4.39 Å². The first-order chi connectivity index (χ1) is 12.8. The lowest BCUT2D eigenvalue weighted by atomic mass is 10.1. The van der Waals surface area contributed by atoms with Crippen LogP contribution in [-0.2, 0) is 16.1 Å². The van der Waals surface area contributed by atoms with Gasteiger partial charge in [-0.3, -0.25) is 9.59 Å². The number of anilines is 1. The molecule has 5 nitrogen and oxygen atoms in total. The third-order valence-corrected chi connectivity index (χ3v) is 4.42. The van der Waals surface area contributed by atoms with Gasteiger partial charge in [0.2, 0.25) is 0 Å². The van der Waals surface area contributed by atoms with Crippen LogP contribution < -0.4 is 10.2 Å². The van der Waals surface area contributed by atoms with Crippen LogP contribution in [0.25, 0.3) is 0 Å². The molecule has 0 radical (unpaired) electrons. The van der Waals surface area contributed by atoms with Crippen molar-refractivity contribution in [2.24, 2.45) is 0 Å². The average molecular weight is 372 g/mol. The SMILES string of the molecule is Cc1cccc(C)c1NC(=O)C[NH+](C)CC(=O)N(C)Cc1ccc(F)cc1. The Labute approximate surface area is 159 Å². The second-order valence-corrected chi connectivity index (χ2v) is 7.00. The molecule has 0 aliphatic heterocycles. The molecule has 0 saturated carbocycles. The zero-order valence-corrected chi connectivity index (χ0v) is 16.3. The molecule has 0 saturated heterocycles. The summed E-state index contributed by atoms with van der Waals surface area (Å²) in [7, 11) is 3.52. The number of benzene rings is 2. The highest BCUT2D eigenvalue weighted by molar-refractivity contribution is 5.93. The number of halogens is 1. The zero-order valence-electron chi connectivity index (χ0n) is 16.3. The first kappa shape index (κ1) is 20.6. The summed E-state index contributed by atoms with van der Waals surface area (Å²) in [5, 5.41) is 2.94. The smallest absolute Gasteiger partial charge is 0.279 e. The van der Waals surface area contributed by atoms with E-state index in [2.05, 4.69) is 5.32 Å². The van der Waals surface area contributed by atoms with Crippen LogP contribution in [-0.4, -0.2) is 43.9 Å². The summed E-state index contributed by atoms with van der Waals surface area (Å²) in [4.78, 5) is 27.1. The van der Waals surface area contributed by atoms with Crippen LogP contribution in [0, 0.1) is 19.7 Å². The summed E-state index contributed by atoms with van der Waals surface area (Å²) >= 11 is 0. The van der Waals surface area contributed by atoms with E-state index < -0.39 is 0 Å². The second-order valence-electron chi connectivity index (χ2n) is 7.00. The molecule has 1 unspecified atom stereocenters. The minimum absolute atomic E-state index is 0.0725. The number of carbonyl (C=O) groups excluding carboxylic acids is 2. The van der Waals surface area contributed by atoms with E-state index in [0.717, 1.165) is 27.3 Å². The number of hydrogen-bond acceptors (Lipinski definition) is 2. The highest BCUT2D eigenvalue weighted by Gasteiger charge is 2.18. The maximum atomic E-state index is 13.0. The highest BCUT2D eigenvalue weighted by Crippen LogP contribution is 2.18. The fraction of sp³-hybridized carbons (Fsp3) is 0.333. The Morgan fingerprint density at radius 3 is 2.22 bits per heavy atom. The molecule has 0 bridgehead atoms. The minimum atomic E-state index is -0.299. The number of nitrogens with zero attached hydrogens (tertiary/aromatic N) is 1. The molecule has 2 rings (SSSR count). The van der Waals surface area contributed by atoms with E-state index >= 15 is 0 Å². The molecule has 0 aliphatic carbocycles. The standard InChI is InChI=1S/C21H26FN3O2/c1-15-6-5-7-16(2)21(15)23-19(26)13-24(3)14-20(27)25(4)12-17-8-10-18(22)11-9-17/h5-11H,12-14H2,1-4H3,(H,23,26)/p+1. The molecule has 1 atom stereocenters. The predicted octanol–water partition coefficient (Wildman–Crippen LogP) is 1.55. The van der Waals surface area contributed by atoms with E-state index in [1.165, 1.54) is 12.1 Å². The highest BCUT2D eigenvalue weighted by atomic mass is 19.1. The number of likely N-dealkylation sites (N-methyl/N-ethyl adjacent to an activating group) is 2. The van der Waals surface area contributed by atoms with Crippen LogP contribution in [0.4, 0.5) is 10.1 Å². The molecule has 0 spiro atoms. The van der Waals surface area contributed by atoms with Crippen LogP contribution in [0.2, 0.25) is 0 Å². The molecule has 144 valence electrons. The van der Waals surface area contributed by atoms with Crippen LogP contribution in [0.5, 0.6) is 0 Å². The van der Waals surface area contributed by atoms with Crippen molar-refractivity contribution in [1.29, 1.82) is 0 Å². The number of rotatable bonds is 7. The van der Waals surface area contributed by atoms with Gasteiger partial charge in [0.1, 0.15) is 5.82 Å².